The molecule has 0 saturated heterocycles. The summed E-state index contributed by atoms with van der Waals surface area (Å²) in [6, 6.07) is 14.0. The Labute approximate surface area is 247 Å². The molecule has 14 heteroatoms. The molecule has 0 fully saturated rings. The van der Waals surface area contributed by atoms with E-state index in [9.17, 15) is 19.1 Å². The van der Waals surface area contributed by atoms with Gasteiger partial charge in [-0.2, -0.15) is 4.39 Å². The van der Waals surface area contributed by atoms with Gasteiger partial charge in [-0.3, -0.25) is 4.79 Å². The minimum atomic E-state index is -1.05. The van der Waals surface area contributed by atoms with Crippen molar-refractivity contribution in [1.29, 1.82) is 0 Å². The molecule has 0 amide bonds. The third kappa shape index (κ3) is 6.44. The zero-order valence-corrected chi connectivity index (χ0v) is 24.7. The second-order valence-electron chi connectivity index (χ2n) is 8.36. The van der Waals surface area contributed by atoms with Gasteiger partial charge in [0.05, 0.1) is 9.75 Å². The fraction of sp³-hybridized carbons (Fsp3) is 0.154. The molecule has 40 heavy (non-hydrogen) atoms. The minimum absolute atomic E-state index is 0.0995. The van der Waals surface area contributed by atoms with Crippen LogP contribution in [0.15, 0.2) is 53.9 Å². The number of aliphatic carboxylic acids is 1. The fourth-order valence-electron chi connectivity index (χ4n) is 3.56. The molecule has 0 aliphatic carbocycles. The molecule has 5 heterocycles. The maximum absolute atomic E-state index is 13.8. The number of hydrogen-bond acceptors (Lipinski definition) is 10. The molecule has 0 aliphatic heterocycles. The van der Waals surface area contributed by atoms with Crippen molar-refractivity contribution in [3.63, 3.8) is 0 Å². The maximum Gasteiger partial charge on any atom is 0.366 e. The monoisotopic (exact) mass is 638 g/mol. The highest BCUT2D eigenvalue weighted by Crippen LogP contribution is 2.51. The molecule has 5 rings (SSSR count). The summed E-state index contributed by atoms with van der Waals surface area (Å²) in [5, 5.41) is 11.0. The number of quaternary nitrogens is 2. The molecule has 5 aromatic rings. The number of ether oxygens (including phenoxy) is 3. The van der Waals surface area contributed by atoms with Crippen molar-refractivity contribution >= 4 is 69.1 Å². The van der Waals surface area contributed by atoms with Crippen LogP contribution in [-0.4, -0.2) is 43.0 Å². The second-order valence-corrected chi connectivity index (χ2v) is 13.5. The molecule has 0 bridgehead atoms. The topological polar surface area (TPSA) is 137 Å². The van der Waals surface area contributed by atoms with Crippen LogP contribution in [0.4, 0.5) is 4.39 Å². The van der Waals surface area contributed by atoms with Crippen LogP contribution in [0.25, 0.3) is 39.0 Å². The summed E-state index contributed by atoms with van der Waals surface area (Å²) < 4.78 is 30.6. The first-order valence-corrected chi connectivity index (χ1v) is 15.9. The zero-order chi connectivity index (χ0) is 28.2. The molecular formula is C26H23FN2O6S5+2. The van der Waals surface area contributed by atoms with Crippen molar-refractivity contribution in [3.8, 4) is 50.5 Å². The number of carboxylic acid groups (broad SMARTS) is 1. The highest BCUT2D eigenvalue weighted by atomic mass is 32.1. The molecule has 0 saturated carbocycles. The Balaban J connectivity index is 1.49. The van der Waals surface area contributed by atoms with Gasteiger partial charge in [-0.25, -0.2) is 4.79 Å². The summed E-state index contributed by atoms with van der Waals surface area (Å²) in [5.41, 5.74) is 7.41. The van der Waals surface area contributed by atoms with E-state index in [1.165, 1.54) is 28.7 Å². The van der Waals surface area contributed by atoms with Gasteiger partial charge in [0.25, 0.3) is 12.7 Å². The molecule has 8 nitrogen and oxygen atoms in total. The Hall–Kier alpha value is -3.11. The summed E-state index contributed by atoms with van der Waals surface area (Å²) in [6.07, 6.45) is -0.650. The first-order chi connectivity index (χ1) is 19.3. The quantitative estimate of drug-likeness (QED) is 0.123. The van der Waals surface area contributed by atoms with Crippen LogP contribution in [0.2, 0.25) is 0 Å². The van der Waals surface area contributed by atoms with E-state index in [0.29, 0.717) is 18.0 Å². The molecule has 7 N–H and O–H groups in total. The Morgan fingerprint density at radius 2 is 1.48 bits per heavy atom. The van der Waals surface area contributed by atoms with Gasteiger partial charge in [0.1, 0.15) is 11.5 Å². The summed E-state index contributed by atoms with van der Waals surface area (Å²) in [6.45, 7) is 0.354. The smallest absolute Gasteiger partial charge is 0.366 e. The van der Waals surface area contributed by atoms with Crippen LogP contribution >= 0.6 is 56.7 Å². The number of halogens is 1. The average Bonchev–Trinajstić information content (AvgIpc) is 3.75. The predicted octanol–water partition coefficient (Wildman–Crippen LogP) is 4.99. The first-order valence-electron chi connectivity index (χ1n) is 11.7. The Bertz CT molecular complexity index is 1600. The molecule has 2 atom stereocenters. The second kappa shape index (κ2) is 12.6. The van der Waals surface area contributed by atoms with E-state index in [0.717, 1.165) is 50.4 Å². The number of carbonyl (C=O) groups is 2. The maximum atomic E-state index is 13.8. The van der Waals surface area contributed by atoms with Crippen LogP contribution in [0, 0.1) is 5.13 Å². The summed E-state index contributed by atoms with van der Waals surface area (Å²) in [7, 11) is 0. The first kappa shape index (κ1) is 28.4. The van der Waals surface area contributed by atoms with Gasteiger partial charge in [0.2, 0.25) is 6.04 Å². The van der Waals surface area contributed by atoms with Crippen LogP contribution in [0.1, 0.15) is 0 Å². The molecule has 0 spiro atoms. The van der Waals surface area contributed by atoms with E-state index in [-0.39, 0.29) is 18.3 Å². The lowest BCUT2D eigenvalue weighted by Crippen LogP contribution is -2.67. The molecule has 0 radical (unpaired) electrons. The molecular weight excluding hydrogens is 616 g/mol. The number of hydrogen-bond donors (Lipinski definition) is 3. The standard InChI is InChI=1S/C26H21FN2O6S5/c27-22-6-5-17(38-22)21-9-14(33-10-13(28)26(31)32)24(40-21)18-3-4-19(37-18)25-15(34-11-23(29)35-12-30)8-20(39-25)16-2-1-7-36-16/h1-9,12-13,23H,10-11,28-29H2,(H,31,32)/p+2/t13-,23-/m0/s1. The number of thiophene rings is 5. The Kier molecular flexibility index (Phi) is 8.95. The van der Waals surface area contributed by atoms with Crippen LogP contribution in [-0.2, 0) is 14.3 Å². The summed E-state index contributed by atoms with van der Waals surface area (Å²) in [4.78, 5) is 29.3. The molecule has 0 aliphatic rings. The normalized spacial score (nSPS) is 12.7. The zero-order valence-electron chi connectivity index (χ0n) is 20.7. The van der Waals surface area contributed by atoms with Gasteiger partial charge in [0.15, 0.2) is 18.3 Å². The summed E-state index contributed by atoms with van der Waals surface area (Å²) >= 11 is 7.25. The molecule has 208 valence electrons. The SMILES string of the molecule is [NH3+][C@H](COc1cc(-c2cccs2)sc1-c1ccc(-c2sc(-c3ccc(F)s3)cc2OC[C@H]([NH3+])C(=O)O)s1)OC=O. The predicted molar refractivity (Wildman–Crippen MR) is 157 cm³/mol. The Morgan fingerprint density at radius 1 is 0.850 bits per heavy atom. The number of carboxylic acids is 1. The summed E-state index contributed by atoms with van der Waals surface area (Å²) in [5.74, 6) is 0.124. The van der Waals surface area contributed by atoms with Gasteiger partial charge in [-0.1, -0.05) is 6.07 Å². The van der Waals surface area contributed by atoms with E-state index < -0.39 is 18.2 Å². The third-order valence-electron chi connectivity index (χ3n) is 5.49. The van der Waals surface area contributed by atoms with E-state index >= 15 is 0 Å². The third-order valence-corrected chi connectivity index (χ3v) is 11.3. The van der Waals surface area contributed by atoms with Gasteiger partial charge >= 0.3 is 5.97 Å². The Morgan fingerprint density at radius 3 is 2.02 bits per heavy atom. The van der Waals surface area contributed by atoms with Crippen molar-refractivity contribution in [2.24, 2.45) is 0 Å². The highest BCUT2D eigenvalue weighted by Gasteiger charge is 2.23. The lowest BCUT2D eigenvalue weighted by atomic mass is 10.3. The van der Waals surface area contributed by atoms with E-state index in [4.69, 9.17) is 14.2 Å². The molecule has 0 unspecified atom stereocenters. The van der Waals surface area contributed by atoms with Crippen LogP contribution in [0.5, 0.6) is 11.5 Å². The lowest BCUT2D eigenvalue weighted by Gasteiger charge is -2.09. The average molecular weight is 639 g/mol. The number of rotatable bonds is 13. The van der Waals surface area contributed by atoms with Gasteiger partial charge in [-0.05, 0) is 35.7 Å². The number of carbonyl (C=O) groups excluding carboxylic acids is 1. The van der Waals surface area contributed by atoms with Crippen molar-refractivity contribution in [3.05, 3.63) is 59.0 Å². The van der Waals surface area contributed by atoms with Crippen molar-refractivity contribution < 1.29 is 44.8 Å². The van der Waals surface area contributed by atoms with Crippen molar-refractivity contribution in [1.82, 2.24) is 0 Å². The van der Waals surface area contributed by atoms with Gasteiger partial charge in [0, 0.05) is 41.4 Å². The largest absolute Gasteiger partial charge is 0.485 e. The fourth-order valence-corrected chi connectivity index (χ4v) is 8.63. The van der Waals surface area contributed by atoms with E-state index in [1.54, 1.807) is 28.7 Å². The molecule has 5 aromatic heterocycles. The van der Waals surface area contributed by atoms with E-state index in [2.05, 4.69) is 11.5 Å². The van der Waals surface area contributed by atoms with Crippen LogP contribution < -0.4 is 20.9 Å². The van der Waals surface area contributed by atoms with Crippen molar-refractivity contribution in [2.45, 2.75) is 12.3 Å². The van der Waals surface area contributed by atoms with Crippen molar-refractivity contribution in [2.75, 3.05) is 13.2 Å². The lowest BCUT2D eigenvalue weighted by molar-refractivity contribution is -0.482. The van der Waals surface area contributed by atoms with E-state index in [1.807, 2.05) is 41.8 Å². The highest BCUT2D eigenvalue weighted by molar-refractivity contribution is 7.29. The minimum Gasteiger partial charge on any atom is -0.485 e. The van der Waals surface area contributed by atoms with Gasteiger partial charge in [-0.15, -0.1) is 56.7 Å². The van der Waals surface area contributed by atoms with Crippen LogP contribution in [0.3, 0.4) is 0 Å². The molecule has 0 aromatic carbocycles. The van der Waals surface area contributed by atoms with Gasteiger partial charge < -0.3 is 30.8 Å².